The SMILES string of the molecule is C[C@H](O)Cc1ccc(OC(F)F)cc1F. The minimum Gasteiger partial charge on any atom is -0.435 e. The predicted octanol–water partition coefficient (Wildman–Crippen LogP) is 2.35. The number of aliphatic hydroxyl groups is 1. The Morgan fingerprint density at radius 1 is 1.40 bits per heavy atom. The summed E-state index contributed by atoms with van der Waals surface area (Å²) in [5, 5.41) is 9.03. The second-order valence-corrected chi connectivity index (χ2v) is 3.18. The second kappa shape index (κ2) is 5.02. The first-order valence-corrected chi connectivity index (χ1v) is 4.40. The molecule has 0 aliphatic rings. The molecule has 5 heteroatoms. The Balaban J connectivity index is 2.78. The summed E-state index contributed by atoms with van der Waals surface area (Å²) in [6, 6.07) is 3.44. The smallest absolute Gasteiger partial charge is 0.387 e. The van der Waals surface area contributed by atoms with E-state index in [9.17, 15) is 13.2 Å². The van der Waals surface area contributed by atoms with Crippen LogP contribution < -0.4 is 4.74 Å². The average molecular weight is 220 g/mol. The summed E-state index contributed by atoms with van der Waals surface area (Å²) in [7, 11) is 0. The first-order chi connectivity index (χ1) is 6.99. The van der Waals surface area contributed by atoms with E-state index in [0.29, 0.717) is 0 Å². The van der Waals surface area contributed by atoms with Gasteiger partial charge in [-0.2, -0.15) is 8.78 Å². The molecule has 0 amide bonds. The van der Waals surface area contributed by atoms with Gasteiger partial charge in [0.2, 0.25) is 0 Å². The van der Waals surface area contributed by atoms with E-state index in [1.54, 1.807) is 0 Å². The van der Waals surface area contributed by atoms with Crippen molar-refractivity contribution in [1.29, 1.82) is 0 Å². The van der Waals surface area contributed by atoms with Crippen LogP contribution >= 0.6 is 0 Å². The summed E-state index contributed by atoms with van der Waals surface area (Å²) in [6.45, 7) is -1.45. The van der Waals surface area contributed by atoms with Crippen LogP contribution in [0.2, 0.25) is 0 Å². The molecule has 0 saturated heterocycles. The minimum absolute atomic E-state index is 0.140. The van der Waals surface area contributed by atoms with E-state index < -0.39 is 18.5 Å². The molecular formula is C10H11F3O2. The number of benzene rings is 1. The molecule has 0 aliphatic heterocycles. The van der Waals surface area contributed by atoms with Gasteiger partial charge in [-0.15, -0.1) is 0 Å². The number of halogens is 3. The number of hydrogen-bond acceptors (Lipinski definition) is 2. The Labute approximate surface area is 85.3 Å². The van der Waals surface area contributed by atoms with Gasteiger partial charge in [0.1, 0.15) is 11.6 Å². The standard InChI is InChI=1S/C10H11F3O2/c1-6(14)4-7-2-3-8(5-9(7)11)15-10(12)13/h2-3,5-6,10,14H,4H2,1H3/t6-/m0/s1. The van der Waals surface area contributed by atoms with Gasteiger partial charge in [-0.3, -0.25) is 0 Å². The number of hydrogen-bond donors (Lipinski definition) is 1. The first-order valence-electron chi connectivity index (χ1n) is 4.40. The third-order valence-corrected chi connectivity index (χ3v) is 1.77. The lowest BCUT2D eigenvalue weighted by molar-refractivity contribution is -0.0500. The normalized spacial score (nSPS) is 12.9. The Kier molecular flexibility index (Phi) is 3.96. The summed E-state index contributed by atoms with van der Waals surface area (Å²) < 4.78 is 40.8. The van der Waals surface area contributed by atoms with Crippen molar-refractivity contribution >= 4 is 0 Å². The molecule has 1 atom stereocenters. The second-order valence-electron chi connectivity index (χ2n) is 3.18. The molecule has 0 radical (unpaired) electrons. The fourth-order valence-electron chi connectivity index (χ4n) is 1.19. The highest BCUT2D eigenvalue weighted by Crippen LogP contribution is 2.19. The van der Waals surface area contributed by atoms with Crippen LogP contribution in [0.3, 0.4) is 0 Å². The van der Waals surface area contributed by atoms with Crippen LogP contribution in [0.5, 0.6) is 5.75 Å². The van der Waals surface area contributed by atoms with Gasteiger partial charge >= 0.3 is 6.61 Å². The molecule has 1 aromatic carbocycles. The van der Waals surface area contributed by atoms with E-state index in [1.807, 2.05) is 0 Å². The summed E-state index contributed by atoms with van der Waals surface area (Å²) in [4.78, 5) is 0. The Morgan fingerprint density at radius 3 is 2.53 bits per heavy atom. The number of ether oxygens (including phenoxy) is 1. The molecule has 0 saturated carbocycles. The van der Waals surface area contributed by atoms with Gasteiger partial charge in [0.25, 0.3) is 0 Å². The largest absolute Gasteiger partial charge is 0.435 e. The Morgan fingerprint density at radius 2 is 2.07 bits per heavy atom. The number of alkyl halides is 2. The van der Waals surface area contributed by atoms with Crippen molar-refractivity contribution < 1.29 is 23.0 Å². The summed E-state index contributed by atoms with van der Waals surface area (Å²) in [6.07, 6.45) is -0.540. The molecule has 1 rings (SSSR count). The van der Waals surface area contributed by atoms with Crippen molar-refractivity contribution in [2.45, 2.75) is 26.1 Å². The van der Waals surface area contributed by atoms with Gasteiger partial charge in [0.15, 0.2) is 0 Å². The quantitative estimate of drug-likeness (QED) is 0.843. The molecule has 0 bridgehead atoms. The van der Waals surface area contributed by atoms with Crippen LogP contribution in [0.1, 0.15) is 12.5 Å². The summed E-state index contributed by atoms with van der Waals surface area (Å²) in [5.41, 5.74) is 0.270. The zero-order valence-corrected chi connectivity index (χ0v) is 8.08. The lowest BCUT2D eigenvalue weighted by Gasteiger charge is -2.08. The van der Waals surface area contributed by atoms with E-state index in [4.69, 9.17) is 5.11 Å². The van der Waals surface area contributed by atoms with E-state index in [2.05, 4.69) is 4.74 Å². The molecule has 1 N–H and O–H groups in total. The van der Waals surface area contributed by atoms with Crippen LogP contribution in [-0.2, 0) is 6.42 Å². The lowest BCUT2D eigenvalue weighted by Crippen LogP contribution is -2.07. The monoisotopic (exact) mass is 220 g/mol. The molecule has 0 aliphatic carbocycles. The van der Waals surface area contributed by atoms with E-state index in [1.165, 1.54) is 19.1 Å². The maximum atomic E-state index is 13.2. The lowest BCUT2D eigenvalue weighted by atomic mass is 10.1. The highest BCUT2D eigenvalue weighted by Gasteiger charge is 2.09. The topological polar surface area (TPSA) is 29.5 Å². The Hall–Kier alpha value is -1.23. The molecule has 0 aromatic heterocycles. The highest BCUT2D eigenvalue weighted by molar-refractivity contribution is 5.29. The van der Waals surface area contributed by atoms with E-state index >= 15 is 0 Å². The average Bonchev–Trinajstić information content (AvgIpc) is 2.08. The fourth-order valence-corrected chi connectivity index (χ4v) is 1.19. The van der Waals surface area contributed by atoms with Gasteiger partial charge in [0.05, 0.1) is 6.10 Å². The van der Waals surface area contributed by atoms with Crippen molar-refractivity contribution in [3.8, 4) is 5.75 Å². The maximum absolute atomic E-state index is 13.2. The fraction of sp³-hybridized carbons (Fsp3) is 0.400. The molecule has 0 heterocycles. The van der Waals surface area contributed by atoms with E-state index in [-0.39, 0.29) is 17.7 Å². The van der Waals surface area contributed by atoms with Gasteiger partial charge in [-0.1, -0.05) is 6.07 Å². The predicted molar refractivity (Wildman–Crippen MR) is 48.4 cm³/mol. The summed E-state index contributed by atoms with van der Waals surface area (Å²) >= 11 is 0. The molecule has 15 heavy (non-hydrogen) atoms. The molecule has 84 valence electrons. The van der Waals surface area contributed by atoms with Gasteiger partial charge in [-0.25, -0.2) is 4.39 Å². The maximum Gasteiger partial charge on any atom is 0.387 e. The van der Waals surface area contributed by atoms with Crippen LogP contribution in [0, 0.1) is 5.82 Å². The molecule has 0 fully saturated rings. The zero-order chi connectivity index (χ0) is 11.4. The van der Waals surface area contributed by atoms with Gasteiger partial charge in [0, 0.05) is 12.5 Å². The van der Waals surface area contributed by atoms with Crippen LogP contribution in [0.25, 0.3) is 0 Å². The van der Waals surface area contributed by atoms with Crippen LogP contribution in [-0.4, -0.2) is 17.8 Å². The number of aliphatic hydroxyl groups excluding tert-OH is 1. The van der Waals surface area contributed by atoms with Crippen LogP contribution in [0.4, 0.5) is 13.2 Å². The van der Waals surface area contributed by atoms with Gasteiger partial charge in [-0.05, 0) is 18.6 Å². The molecule has 0 spiro atoms. The van der Waals surface area contributed by atoms with Crippen molar-refractivity contribution in [1.82, 2.24) is 0 Å². The van der Waals surface area contributed by atoms with Gasteiger partial charge < -0.3 is 9.84 Å². The molecule has 2 nitrogen and oxygen atoms in total. The number of rotatable bonds is 4. The first kappa shape index (κ1) is 11.8. The Bertz CT molecular complexity index is 326. The third kappa shape index (κ3) is 3.79. The molecule has 0 unspecified atom stereocenters. The van der Waals surface area contributed by atoms with Crippen molar-refractivity contribution in [3.63, 3.8) is 0 Å². The van der Waals surface area contributed by atoms with Crippen molar-refractivity contribution in [2.75, 3.05) is 0 Å². The molecular weight excluding hydrogens is 209 g/mol. The van der Waals surface area contributed by atoms with Crippen molar-refractivity contribution in [3.05, 3.63) is 29.6 Å². The van der Waals surface area contributed by atoms with E-state index in [0.717, 1.165) is 6.07 Å². The third-order valence-electron chi connectivity index (χ3n) is 1.77. The minimum atomic E-state index is -2.97. The van der Waals surface area contributed by atoms with Crippen molar-refractivity contribution in [2.24, 2.45) is 0 Å². The molecule has 1 aromatic rings. The highest BCUT2D eigenvalue weighted by atomic mass is 19.3. The summed E-state index contributed by atoms with van der Waals surface area (Å²) in [5.74, 6) is -0.883. The van der Waals surface area contributed by atoms with Crippen LogP contribution in [0.15, 0.2) is 18.2 Å². The zero-order valence-electron chi connectivity index (χ0n) is 8.08.